The van der Waals surface area contributed by atoms with Gasteiger partial charge in [0.05, 0.1) is 0 Å². The average Bonchev–Trinajstić information content (AvgIpc) is 2.46. The third-order valence-corrected chi connectivity index (χ3v) is 3.31. The summed E-state index contributed by atoms with van der Waals surface area (Å²) in [4.78, 5) is 0. The Balaban J connectivity index is 2.04. The van der Waals surface area contributed by atoms with E-state index in [0.717, 1.165) is 24.9 Å². The van der Waals surface area contributed by atoms with E-state index in [0.29, 0.717) is 0 Å². The zero-order chi connectivity index (χ0) is 13.5. The van der Waals surface area contributed by atoms with Crippen LogP contribution in [0.15, 0.2) is 54.6 Å². The SMILES string of the molecule is CCNC(CCc1ccccc1F)c1ccccc1. The molecule has 0 aliphatic rings. The molecule has 0 aliphatic carbocycles. The Kier molecular flexibility index (Phi) is 5.10. The number of nitrogens with one attached hydrogen (secondary N) is 1. The van der Waals surface area contributed by atoms with Crippen molar-refractivity contribution >= 4 is 0 Å². The van der Waals surface area contributed by atoms with E-state index in [1.54, 1.807) is 6.07 Å². The van der Waals surface area contributed by atoms with Crippen molar-refractivity contribution in [2.75, 3.05) is 6.54 Å². The highest BCUT2D eigenvalue weighted by Crippen LogP contribution is 2.20. The first-order valence-corrected chi connectivity index (χ1v) is 6.83. The number of aryl methyl sites for hydroxylation is 1. The largest absolute Gasteiger partial charge is 0.310 e. The molecule has 1 N–H and O–H groups in total. The second-order valence-electron chi connectivity index (χ2n) is 4.65. The van der Waals surface area contributed by atoms with E-state index in [1.165, 1.54) is 11.6 Å². The molecule has 2 heteroatoms. The topological polar surface area (TPSA) is 12.0 Å². The molecule has 0 heterocycles. The van der Waals surface area contributed by atoms with Crippen LogP contribution in [0.3, 0.4) is 0 Å². The lowest BCUT2D eigenvalue weighted by Crippen LogP contribution is -2.21. The summed E-state index contributed by atoms with van der Waals surface area (Å²) in [6.45, 7) is 3.01. The number of hydrogen-bond acceptors (Lipinski definition) is 1. The maximum atomic E-state index is 13.6. The molecule has 0 fully saturated rings. The van der Waals surface area contributed by atoms with Gasteiger partial charge in [0, 0.05) is 6.04 Å². The number of benzene rings is 2. The third-order valence-electron chi connectivity index (χ3n) is 3.31. The Labute approximate surface area is 114 Å². The molecule has 0 saturated carbocycles. The summed E-state index contributed by atoms with van der Waals surface area (Å²) in [6, 6.07) is 17.6. The lowest BCUT2D eigenvalue weighted by atomic mass is 9.99. The minimum absolute atomic E-state index is 0.106. The van der Waals surface area contributed by atoms with Crippen molar-refractivity contribution in [2.45, 2.75) is 25.8 Å². The highest BCUT2D eigenvalue weighted by Gasteiger charge is 2.11. The van der Waals surface area contributed by atoms with Gasteiger partial charge < -0.3 is 5.32 Å². The van der Waals surface area contributed by atoms with Gasteiger partial charge in [0.2, 0.25) is 0 Å². The highest BCUT2D eigenvalue weighted by molar-refractivity contribution is 5.21. The van der Waals surface area contributed by atoms with Gasteiger partial charge in [-0.2, -0.15) is 0 Å². The third kappa shape index (κ3) is 3.90. The van der Waals surface area contributed by atoms with Crippen molar-refractivity contribution in [1.29, 1.82) is 0 Å². The second-order valence-corrected chi connectivity index (χ2v) is 4.65. The Bertz CT molecular complexity index is 496. The zero-order valence-electron chi connectivity index (χ0n) is 11.3. The fraction of sp³-hybridized carbons (Fsp3) is 0.294. The fourth-order valence-electron chi connectivity index (χ4n) is 2.32. The van der Waals surface area contributed by atoms with Crippen molar-refractivity contribution in [3.8, 4) is 0 Å². The molecule has 2 rings (SSSR count). The molecule has 1 atom stereocenters. The minimum atomic E-state index is -0.106. The summed E-state index contributed by atoms with van der Waals surface area (Å²) in [5, 5.41) is 3.47. The van der Waals surface area contributed by atoms with E-state index in [2.05, 4.69) is 24.4 Å². The summed E-state index contributed by atoms with van der Waals surface area (Å²) in [5.74, 6) is -0.106. The van der Waals surface area contributed by atoms with Crippen LogP contribution in [0.5, 0.6) is 0 Å². The molecule has 0 aromatic heterocycles. The van der Waals surface area contributed by atoms with E-state index in [1.807, 2.05) is 30.3 Å². The molecule has 2 aromatic rings. The molecule has 19 heavy (non-hydrogen) atoms. The van der Waals surface area contributed by atoms with Gasteiger partial charge in [-0.05, 0) is 36.6 Å². The molecule has 0 aliphatic heterocycles. The molecule has 2 aromatic carbocycles. The monoisotopic (exact) mass is 257 g/mol. The molecule has 0 radical (unpaired) electrons. The summed E-state index contributed by atoms with van der Waals surface area (Å²) in [6.07, 6.45) is 1.65. The summed E-state index contributed by atoms with van der Waals surface area (Å²) >= 11 is 0. The van der Waals surface area contributed by atoms with E-state index < -0.39 is 0 Å². The molecule has 0 bridgehead atoms. The number of rotatable bonds is 6. The highest BCUT2D eigenvalue weighted by atomic mass is 19.1. The van der Waals surface area contributed by atoms with Gasteiger partial charge in [-0.25, -0.2) is 4.39 Å². The number of hydrogen-bond donors (Lipinski definition) is 1. The van der Waals surface area contributed by atoms with Crippen LogP contribution in [0, 0.1) is 5.82 Å². The Morgan fingerprint density at radius 3 is 2.37 bits per heavy atom. The van der Waals surface area contributed by atoms with Crippen molar-refractivity contribution < 1.29 is 4.39 Å². The standard InChI is InChI=1S/C17H20FN/c1-2-19-17(15-9-4-3-5-10-15)13-12-14-8-6-7-11-16(14)18/h3-11,17,19H,2,12-13H2,1H3. The van der Waals surface area contributed by atoms with Crippen molar-refractivity contribution in [3.63, 3.8) is 0 Å². The Morgan fingerprint density at radius 2 is 1.68 bits per heavy atom. The first-order valence-electron chi connectivity index (χ1n) is 6.83. The Morgan fingerprint density at radius 1 is 1.00 bits per heavy atom. The van der Waals surface area contributed by atoms with Gasteiger partial charge in [-0.3, -0.25) is 0 Å². The van der Waals surface area contributed by atoms with Gasteiger partial charge in [-0.1, -0.05) is 55.5 Å². The normalized spacial score (nSPS) is 12.3. The van der Waals surface area contributed by atoms with Gasteiger partial charge in [-0.15, -0.1) is 0 Å². The van der Waals surface area contributed by atoms with Crippen LogP contribution in [0.4, 0.5) is 4.39 Å². The van der Waals surface area contributed by atoms with Crippen molar-refractivity contribution in [2.24, 2.45) is 0 Å². The molecule has 1 nitrogen and oxygen atoms in total. The molecular formula is C17H20FN. The van der Waals surface area contributed by atoms with Gasteiger partial charge in [0.25, 0.3) is 0 Å². The molecule has 0 amide bonds. The van der Waals surface area contributed by atoms with E-state index in [4.69, 9.17) is 0 Å². The first-order chi connectivity index (χ1) is 9.31. The van der Waals surface area contributed by atoms with Crippen LogP contribution in [-0.4, -0.2) is 6.54 Å². The maximum Gasteiger partial charge on any atom is 0.126 e. The van der Waals surface area contributed by atoms with Crippen LogP contribution >= 0.6 is 0 Å². The summed E-state index contributed by atoms with van der Waals surface area (Å²) < 4.78 is 13.6. The lowest BCUT2D eigenvalue weighted by molar-refractivity contribution is 0.507. The molecular weight excluding hydrogens is 237 g/mol. The second kappa shape index (κ2) is 7.05. The molecule has 0 saturated heterocycles. The van der Waals surface area contributed by atoms with Gasteiger partial charge in [0.1, 0.15) is 5.82 Å². The van der Waals surface area contributed by atoms with E-state index >= 15 is 0 Å². The van der Waals surface area contributed by atoms with E-state index in [-0.39, 0.29) is 11.9 Å². The first kappa shape index (κ1) is 13.8. The average molecular weight is 257 g/mol. The summed E-state index contributed by atoms with van der Waals surface area (Å²) in [7, 11) is 0. The molecule has 0 spiro atoms. The van der Waals surface area contributed by atoms with Crippen LogP contribution in [0.2, 0.25) is 0 Å². The number of halogens is 1. The maximum absolute atomic E-state index is 13.6. The van der Waals surface area contributed by atoms with E-state index in [9.17, 15) is 4.39 Å². The molecule has 100 valence electrons. The van der Waals surface area contributed by atoms with Crippen LogP contribution in [0.1, 0.15) is 30.5 Å². The van der Waals surface area contributed by atoms with Gasteiger partial charge >= 0.3 is 0 Å². The predicted molar refractivity (Wildman–Crippen MR) is 77.6 cm³/mol. The van der Waals surface area contributed by atoms with Crippen molar-refractivity contribution in [3.05, 3.63) is 71.5 Å². The fourth-order valence-corrected chi connectivity index (χ4v) is 2.32. The summed E-state index contributed by atoms with van der Waals surface area (Å²) in [5.41, 5.74) is 2.06. The van der Waals surface area contributed by atoms with Crippen LogP contribution in [0.25, 0.3) is 0 Å². The Hall–Kier alpha value is -1.67. The molecule has 1 unspecified atom stereocenters. The zero-order valence-corrected chi connectivity index (χ0v) is 11.3. The van der Waals surface area contributed by atoms with Crippen LogP contribution in [-0.2, 0) is 6.42 Å². The predicted octanol–water partition coefficient (Wildman–Crippen LogP) is 4.11. The smallest absolute Gasteiger partial charge is 0.126 e. The quantitative estimate of drug-likeness (QED) is 0.821. The van der Waals surface area contributed by atoms with Gasteiger partial charge in [0.15, 0.2) is 0 Å². The minimum Gasteiger partial charge on any atom is -0.310 e. The van der Waals surface area contributed by atoms with Crippen LogP contribution < -0.4 is 5.32 Å². The lowest BCUT2D eigenvalue weighted by Gasteiger charge is -2.18. The van der Waals surface area contributed by atoms with Crippen molar-refractivity contribution in [1.82, 2.24) is 5.32 Å².